The van der Waals surface area contributed by atoms with Gasteiger partial charge in [-0.1, -0.05) is 0 Å². The summed E-state index contributed by atoms with van der Waals surface area (Å²) in [4.78, 5) is 3.80. The Balaban J connectivity index is 2.54. The van der Waals surface area contributed by atoms with E-state index < -0.39 is 0 Å². The van der Waals surface area contributed by atoms with Crippen LogP contribution in [0.2, 0.25) is 0 Å². The predicted molar refractivity (Wildman–Crippen MR) is 51.1 cm³/mol. The van der Waals surface area contributed by atoms with Crippen LogP contribution in [0.1, 0.15) is 5.69 Å². The molecule has 14 heavy (non-hydrogen) atoms. The fraction of sp³-hybridized carbons (Fsp3) is 0.200. The van der Waals surface area contributed by atoms with Gasteiger partial charge in [-0.05, 0) is 13.0 Å². The van der Waals surface area contributed by atoms with Crippen molar-refractivity contribution < 1.29 is 4.39 Å². The second kappa shape index (κ2) is 3.21. The van der Waals surface area contributed by atoms with Crippen LogP contribution in [0.4, 0.5) is 4.39 Å². The second-order valence-corrected chi connectivity index (χ2v) is 3.19. The maximum absolute atomic E-state index is 12.9. The molecule has 0 aliphatic carbocycles. The highest BCUT2D eigenvalue weighted by Crippen LogP contribution is 2.21. The van der Waals surface area contributed by atoms with E-state index in [0.29, 0.717) is 0 Å². The van der Waals surface area contributed by atoms with Crippen molar-refractivity contribution in [2.24, 2.45) is 7.05 Å². The second-order valence-electron chi connectivity index (χ2n) is 3.19. The van der Waals surface area contributed by atoms with Crippen LogP contribution in [0.3, 0.4) is 0 Å². The third-order valence-corrected chi connectivity index (χ3v) is 2.03. The van der Waals surface area contributed by atoms with Gasteiger partial charge in [0.05, 0.1) is 11.9 Å². The Morgan fingerprint density at radius 3 is 2.71 bits per heavy atom. The lowest BCUT2D eigenvalue weighted by molar-refractivity contribution is 0.622. The molecule has 2 rings (SSSR count). The van der Waals surface area contributed by atoms with Crippen molar-refractivity contribution in [1.82, 2.24) is 14.8 Å². The number of aromatic nitrogens is 3. The number of rotatable bonds is 1. The largest absolute Gasteiger partial charge is 0.275 e. The van der Waals surface area contributed by atoms with Gasteiger partial charge in [0.2, 0.25) is 0 Å². The Kier molecular flexibility index (Phi) is 2.04. The third kappa shape index (κ3) is 1.51. The standard InChI is InChI=1S/C10H10FN3/c1-7-10(6-14(2)13-7)8-3-9(11)5-12-4-8/h3-6H,1-2H3. The van der Waals surface area contributed by atoms with Crippen molar-refractivity contribution in [3.8, 4) is 11.1 Å². The number of hydrogen-bond donors (Lipinski definition) is 0. The Bertz CT molecular complexity index is 462. The van der Waals surface area contributed by atoms with Crippen LogP contribution < -0.4 is 0 Å². The number of pyridine rings is 1. The molecule has 0 spiro atoms. The van der Waals surface area contributed by atoms with Gasteiger partial charge in [-0.15, -0.1) is 0 Å². The number of hydrogen-bond acceptors (Lipinski definition) is 2. The van der Waals surface area contributed by atoms with Crippen molar-refractivity contribution in [3.63, 3.8) is 0 Å². The number of halogens is 1. The number of aryl methyl sites for hydroxylation is 2. The van der Waals surface area contributed by atoms with E-state index in [1.807, 2.05) is 20.2 Å². The summed E-state index contributed by atoms with van der Waals surface area (Å²) in [7, 11) is 1.84. The van der Waals surface area contributed by atoms with E-state index in [-0.39, 0.29) is 5.82 Å². The van der Waals surface area contributed by atoms with Crippen molar-refractivity contribution in [1.29, 1.82) is 0 Å². The molecule has 2 aromatic rings. The minimum absolute atomic E-state index is 0.328. The molecule has 0 radical (unpaired) electrons. The molecule has 0 aliphatic heterocycles. The highest BCUT2D eigenvalue weighted by atomic mass is 19.1. The van der Waals surface area contributed by atoms with Gasteiger partial charge in [0.25, 0.3) is 0 Å². The summed E-state index contributed by atoms with van der Waals surface area (Å²) in [5.74, 6) is -0.328. The Labute approximate surface area is 81.2 Å². The lowest BCUT2D eigenvalue weighted by atomic mass is 10.1. The summed E-state index contributed by atoms with van der Waals surface area (Å²) in [6, 6.07) is 1.46. The summed E-state index contributed by atoms with van der Waals surface area (Å²) in [5.41, 5.74) is 2.55. The average molecular weight is 191 g/mol. The van der Waals surface area contributed by atoms with Crippen LogP contribution >= 0.6 is 0 Å². The van der Waals surface area contributed by atoms with Crippen LogP contribution in [0, 0.1) is 12.7 Å². The van der Waals surface area contributed by atoms with Gasteiger partial charge in [-0.2, -0.15) is 5.10 Å². The lowest BCUT2D eigenvalue weighted by Gasteiger charge is -1.97. The Hall–Kier alpha value is -1.71. The zero-order chi connectivity index (χ0) is 10.1. The molecule has 0 aliphatic rings. The fourth-order valence-corrected chi connectivity index (χ4v) is 1.44. The smallest absolute Gasteiger partial charge is 0.142 e. The minimum Gasteiger partial charge on any atom is -0.275 e. The van der Waals surface area contributed by atoms with E-state index in [9.17, 15) is 4.39 Å². The number of nitrogens with zero attached hydrogens (tertiary/aromatic N) is 3. The first-order valence-electron chi connectivity index (χ1n) is 4.28. The quantitative estimate of drug-likeness (QED) is 0.689. The molecule has 4 heteroatoms. The average Bonchev–Trinajstić information content (AvgIpc) is 2.45. The van der Waals surface area contributed by atoms with Gasteiger partial charge in [0, 0.05) is 30.6 Å². The molecule has 0 bridgehead atoms. The topological polar surface area (TPSA) is 30.7 Å². The van der Waals surface area contributed by atoms with E-state index in [2.05, 4.69) is 10.1 Å². The van der Waals surface area contributed by atoms with Crippen molar-refractivity contribution >= 4 is 0 Å². The Morgan fingerprint density at radius 1 is 1.36 bits per heavy atom. The first-order valence-corrected chi connectivity index (χ1v) is 4.28. The summed E-state index contributed by atoms with van der Waals surface area (Å²) in [5, 5.41) is 4.18. The minimum atomic E-state index is -0.328. The van der Waals surface area contributed by atoms with Gasteiger partial charge in [0.15, 0.2) is 0 Å². The molecular formula is C10H10FN3. The third-order valence-electron chi connectivity index (χ3n) is 2.03. The van der Waals surface area contributed by atoms with Crippen molar-refractivity contribution in [2.45, 2.75) is 6.92 Å². The van der Waals surface area contributed by atoms with Crippen LogP contribution in [0.15, 0.2) is 24.7 Å². The summed E-state index contributed by atoms with van der Waals surface area (Å²) >= 11 is 0. The highest BCUT2D eigenvalue weighted by molar-refractivity contribution is 5.63. The van der Waals surface area contributed by atoms with Gasteiger partial charge < -0.3 is 0 Å². The van der Waals surface area contributed by atoms with E-state index in [1.165, 1.54) is 12.3 Å². The zero-order valence-electron chi connectivity index (χ0n) is 8.03. The molecule has 0 aromatic carbocycles. The first-order chi connectivity index (χ1) is 6.66. The fourth-order valence-electron chi connectivity index (χ4n) is 1.44. The molecule has 0 unspecified atom stereocenters. The highest BCUT2D eigenvalue weighted by Gasteiger charge is 2.06. The SMILES string of the molecule is Cc1nn(C)cc1-c1cncc(F)c1. The lowest BCUT2D eigenvalue weighted by Crippen LogP contribution is -1.86. The van der Waals surface area contributed by atoms with Crippen LogP contribution in [0.5, 0.6) is 0 Å². The molecule has 0 saturated heterocycles. The van der Waals surface area contributed by atoms with Crippen molar-refractivity contribution in [2.75, 3.05) is 0 Å². The van der Waals surface area contributed by atoms with Gasteiger partial charge in [0.1, 0.15) is 5.82 Å². The molecule has 2 heterocycles. The maximum atomic E-state index is 12.9. The molecule has 0 N–H and O–H groups in total. The van der Waals surface area contributed by atoms with E-state index in [1.54, 1.807) is 10.9 Å². The van der Waals surface area contributed by atoms with Crippen molar-refractivity contribution in [3.05, 3.63) is 36.2 Å². The molecule has 0 saturated carbocycles. The summed E-state index contributed by atoms with van der Waals surface area (Å²) < 4.78 is 14.6. The van der Waals surface area contributed by atoms with Crippen LogP contribution in [0.25, 0.3) is 11.1 Å². The predicted octanol–water partition coefficient (Wildman–Crippen LogP) is 1.93. The molecule has 0 amide bonds. The van der Waals surface area contributed by atoms with E-state index in [0.717, 1.165) is 16.8 Å². The zero-order valence-corrected chi connectivity index (χ0v) is 8.03. The van der Waals surface area contributed by atoms with Gasteiger partial charge >= 0.3 is 0 Å². The molecule has 0 fully saturated rings. The maximum Gasteiger partial charge on any atom is 0.142 e. The molecule has 3 nitrogen and oxygen atoms in total. The normalized spacial score (nSPS) is 10.5. The van der Waals surface area contributed by atoms with Crippen LogP contribution in [-0.4, -0.2) is 14.8 Å². The molecule has 0 atom stereocenters. The monoisotopic (exact) mass is 191 g/mol. The molecule has 2 aromatic heterocycles. The van der Waals surface area contributed by atoms with E-state index >= 15 is 0 Å². The molecular weight excluding hydrogens is 181 g/mol. The Morgan fingerprint density at radius 2 is 2.14 bits per heavy atom. The summed E-state index contributed by atoms with van der Waals surface area (Å²) in [6.45, 7) is 1.89. The molecule has 72 valence electrons. The van der Waals surface area contributed by atoms with Crippen LogP contribution in [-0.2, 0) is 7.05 Å². The van der Waals surface area contributed by atoms with E-state index in [4.69, 9.17) is 0 Å². The summed E-state index contributed by atoms with van der Waals surface area (Å²) in [6.07, 6.45) is 4.67. The van der Waals surface area contributed by atoms with Gasteiger partial charge in [-0.3, -0.25) is 9.67 Å². The van der Waals surface area contributed by atoms with Gasteiger partial charge in [-0.25, -0.2) is 4.39 Å². The first kappa shape index (κ1) is 8.87.